The largest absolute Gasteiger partial charge is 1.00 e. The van der Waals surface area contributed by atoms with Crippen molar-refractivity contribution in [3.8, 4) is 0 Å². The van der Waals surface area contributed by atoms with E-state index in [2.05, 4.69) is 6.92 Å². The van der Waals surface area contributed by atoms with Crippen LogP contribution in [0.25, 0.3) is 0 Å². The van der Waals surface area contributed by atoms with Crippen molar-refractivity contribution in [3.05, 3.63) is 0 Å². The van der Waals surface area contributed by atoms with Crippen LogP contribution in [-0.4, -0.2) is 5.97 Å². The number of rotatable bonds is 7. The fraction of sp³-hybridized carbons (Fsp3) is 0.900. The first-order valence-electron chi connectivity index (χ1n) is 4.86. The van der Waals surface area contributed by atoms with Gasteiger partial charge >= 0.3 is 51.4 Å². The molecule has 0 radical (unpaired) electrons. The summed E-state index contributed by atoms with van der Waals surface area (Å²) in [5.74, 6) is -0.634. The predicted molar refractivity (Wildman–Crippen MR) is 47.5 cm³/mol. The van der Waals surface area contributed by atoms with Gasteiger partial charge in [0, 0.05) is 5.97 Å². The first kappa shape index (κ1) is 16.5. The SMILES string of the molecule is CCCCCCC(C)CC(=O)[O-].[K+]. The molecule has 0 N–H and O–H groups in total. The van der Waals surface area contributed by atoms with Gasteiger partial charge in [0.2, 0.25) is 0 Å². The van der Waals surface area contributed by atoms with Crippen LogP contribution in [0.5, 0.6) is 0 Å². The van der Waals surface area contributed by atoms with Gasteiger partial charge in [0.15, 0.2) is 0 Å². The number of unbranched alkanes of at least 4 members (excludes halogenated alkanes) is 3. The molecule has 2 nitrogen and oxygen atoms in total. The Bertz CT molecular complexity index is 126. The van der Waals surface area contributed by atoms with Crippen molar-refractivity contribution in [1.29, 1.82) is 0 Å². The monoisotopic (exact) mass is 210 g/mol. The van der Waals surface area contributed by atoms with Crippen LogP contribution in [0.15, 0.2) is 0 Å². The molecule has 0 aromatic carbocycles. The van der Waals surface area contributed by atoms with Crippen LogP contribution in [0, 0.1) is 5.92 Å². The van der Waals surface area contributed by atoms with E-state index in [-0.39, 0.29) is 63.7 Å². The third-order valence-corrected chi connectivity index (χ3v) is 2.07. The van der Waals surface area contributed by atoms with Crippen molar-refractivity contribution in [2.75, 3.05) is 0 Å². The maximum Gasteiger partial charge on any atom is 1.00 e. The molecule has 0 saturated carbocycles. The Balaban J connectivity index is 0. The van der Waals surface area contributed by atoms with Crippen molar-refractivity contribution in [3.63, 3.8) is 0 Å². The molecule has 13 heavy (non-hydrogen) atoms. The van der Waals surface area contributed by atoms with E-state index in [0.29, 0.717) is 0 Å². The van der Waals surface area contributed by atoms with E-state index < -0.39 is 5.97 Å². The molecular formula is C10H19KO2. The molecule has 0 aliphatic heterocycles. The Kier molecular flexibility index (Phi) is 14.2. The predicted octanol–water partition coefficient (Wildman–Crippen LogP) is -1.26. The molecule has 0 saturated heterocycles. The summed E-state index contributed by atoms with van der Waals surface area (Å²) in [6.07, 6.45) is 6.11. The van der Waals surface area contributed by atoms with Gasteiger partial charge in [-0.1, -0.05) is 46.0 Å². The van der Waals surface area contributed by atoms with E-state index in [4.69, 9.17) is 0 Å². The third kappa shape index (κ3) is 13.1. The molecule has 0 fully saturated rings. The Morgan fingerprint density at radius 2 is 1.92 bits per heavy atom. The van der Waals surface area contributed by atoms with Crippen molar-refractivity contribution in [2.45, 2.75) is 52.4 Å². The Labute approximate surface area is 124 Å². The van der Waals surface area contributed by atoms with Crippen LogP contribution in [-0.2, 0) is 4.79 Å². The third-order valence-electron chi connectivity index (χ3n) is 2.07. The molecular weight excluding hydrogens is 191 g/mol. The summed E-state index contributed by atoms with van der Waals surface area (Å²) in [6.45, 7) is 4.15. The minimum atomic E-state index is -0.919. The summed E-state index contributed by atoms with van der Waals surface area (Å²) in [4.78, 5) is 10.2. The van der Waals surface area contributed by atoms with Crippen molar-refractivity contribution < 1.29 is 61.3 Å². The van der Waals surface area contributed by atoms with Gasteiger partial charge in [-0.2, -0.15) is 0 Å². The number of carboxylic acid groups (broad SMARTS) is 1. The summed E-state index contributed by atoms with van der Waals surface area (Å²) in [6, 6.07) is 0. The summed E-state index contributed by atoms with van der Waals surface area (Å²) in [5, 5.41) is 10.2. The number of hydrogen-bond donors (Lipinski definition) is 0. The number of carboxylic acids is 1. The van der Waals surface area contributed by atoms with Gasteiger partial charge in [-0.05, 0) is 12.3 Å². The minimum absolute atomic E-state index is 0. The van der Waals surface area contributed by atoms with Crippen molar-refractivity contribution >= 4 is 5.97 Å². The number of aliphatic carboxylic acids is 1. The van der Waals surface area contributed by atoms with Gasteiger partial charge in [0.25, 0.3) is 0 Å². The molecule has 1 atom stereocenters. The van der Waals surface area contributed by atoms with Crippen molar-refractivity contribution in [2.24, 2.45) is 5.92 Å². The second kappa shape index (κ2) is 11.2. The molecule has 3 heteroatoms. The molecule has 72 valence electrons. The summed E-state index contributed by atoms with van der Waals surface area (Å²) < 4.78 is 0. The fourth-order valence-corrected chi connectivity index (χ4v) is 1.31. The molecule has 0 rings (SSSR count). The molecule has 0 bridgehead atoms. The average molecular weight is 210 g/mol. The van der Waals surface area contributed by atoms with Crippen LogP contribution in [0.1, 0.15) is 52.4 Å². The van der Waals surface area contributed by atoms with E-state index in [1.165, 1.54) is 19.3 Å². The molecule has 0 aliphatic rings. The van der Waals surface area contributed by atoms with E-state index in [0.717, 1.165) is 12.8 Å². The summed E-state index contributed by atoms with van der Waals surface area (Å²) in [5.41, 5.74) is 0. The molecule has 0 spiro atoms. The Morgan fingerprint density at radius 1 is 1.31 bits per heavy atom. The molecule has 0 heterocycles. The van der Waals surface area contributed by atoms with Gasteiger partial charge in [-0.3, -0.25) is 0 Å². The molecule has 0 aliphatic carbocycles. The van der Waals surface area contributed by atoms with Crippen LogP contribution in [0.4, 0.5) is 0 Å². The van der Waals surface area contributed by atoms with E-state index >= 15 is 0 Å². The van der Waals surface area contributed by atoms with Crippen LogP contribution >= 0.6 is 0 Å². The fourth-order valence-electron chi connectivity index (χ4n) is 1.31. The van der Waals surface area contributed by atoms with E-state index in [9.17, 15) is 9.90 Å². The number of hydrogen-bond acceptors (Lipinski definition) is 2. The van der Waals surface area contributed by atoms with E-state index in [1.807, 2.05) is 6.92 Å². The zero-order valence-electron chi connectivity index (χ0n) is 9.14. The maximum absolute atomic E-state index is 10.2. The average Bonchev–Trinajstić information content (AvgIpc) is 1.97. The standard InChI is InChI=1S/C10H20O2.K/c1-3-4-5-6-7-9(2)8-10(11)12;/h9H,3-8H2,1-2H3,(H,11,12);/q;+1/p-1. The van der Waals surface area contributed by atoms with Crippen LogP contribution in [0.3, 0.4) is 0 Å². The second-order valence-corrected chi connectivity index (χ2v) is 3.53. The first-order chi connectivity index (χ1) is 5.66. The van der Waals surface area contributed by atoms with Gasteiger partial charge < -0.3 is 9.90 Å². The van der Waals surface area contributed by atoms with Gasteiger partial charge in [-0.15, -0.1) is 0 Å². The van der Waals surface area contributed by atoms with E-state index in [1.54, 1.807) is 0 Å². The number of carbonyl (C=O) groups is 1. The molecule has 0 aromatic heterocycles. The normalized spacial score (nSPS) is 11.8. The Morgan fingerprint density at radius 3 is 2.38 bits per heavy atom. The maximum atomic E-state index is 10.2. The topological polar surface area (TPSA) is 40.1 Å². The summed E-state index contributed by atoms with van der Waals surface area (Å²) in [7, 11) is 0. The van der Waals surface area contributed by atoms with Gasteiger partial charge in [0.1, 0.15) is 0 Å². The molecule has 1 unspecified atom stereocenters. The van der Waals surface area contributed by atoms with Gasteiger partial charge in [-0.25, -0.2) is 0 Å². The zero-order valence-corrected chi connectivity index (χ0v) is 12.3. The zero-order chi connectivity index (χ0) is 9.40. The molecule has 0 aromatic rings. The minimum Gasteiger partial charge on any atom is -0.550 e. The smallest absolute Gasteiger partial charge is 0.550 e. The molecule has 0 amide bonds. The van der Waals surface area contributed by atoms with Gasteiger partial charge in [0.05, 0.1) is 0 Å². The summed E-state index contributed by atoms with van der Waals surface area (Å²) >= 11 is 0. The van der Waals surface area contributed by atoms with Crippen LogP contribution < -0.4 is 56.5 Å². The Hall–Kier alpha value is 1.11. The number of carbonyl (C=O) groups excluding carboxylic acids is 1. The van der Waals surface area contributed by atoms with Crippen LogP contribution in [0.2, 0.25) is 0 Å². The van der Waals surface area contributed by atoms with Crippen molar-refractivity contribution in [1.82, 2.24) is 0 Å². The quantitative estimate of drug-likeness (QED) is 0.389. The second-order valence-electron chi connectivity index (χ2n) is 3.53. The first-order valence-corrected chi connectivity index (χ1v) is 4.86.